The molecule has 0 atom stereocenters. The number of hydrogen-bond acceptors (Lipinski definition) is 10. The highest BCUT2D eigenvalue weighted by atomic mass is 15.1. The molecular weight excluding hydrogens is 1010 g/mol. The Morgan fingerprint density at radius 3 is 0.805 bits per heavy atom. The fraction of sp³-hybridized carbons (Fsp3) is 0. The molecule has 10 aromatic carbocycles. The second kappa shape index (κ2) is 20.0. The molecule has 0 N–H and O–H groups in total. The molecule has 0 fully saturated rings. The number of nitrogens with zero attached hydrogens (tertiary/aromatic N) is 12. The van der Waals surface area contributed by atoms with Gasteiger partial charge >= 0.3 is 0 Å². The van der Waals surface area contributed by atoms with Crippen molar-refractivity contribution >= 4 is 43.6 Å². The molecular formula is C70H30N12. The largest absolute Gasteiger partial charge is 0.307 e. The van der Waals surface area contributed by atoms with Crippen molar-refractivity contribution in [2.75, 3.05) is 0 Å². The number of hydrogen-bond donors (Lipinski definition) is 0. The average Bonchev–Trinajstić information content (AvgIpc) is 2.71. The van der Waals surface area contributed by atoms with Crippen molar-refractivity contribution in [2.24, 2.45) is 0 Å². The van der Waals surface area contributed by atoms with Crippen LogP contribution in [0.15, 0.2) is 182 Å². The summed E-state index contributed by atoms with van der Waals surface area (Å²) in [6.45, 7) is 0. The fourth-order valence-corrected chi connectivity index (χ4v) is 11.1. The maximum Gasteiger partial charge on any atom is 0.0998 e. The maximum atomic E-state index is 11.2. The topological polar surface area (TPSA) is 248 Å². The summed E-state index contributed by atoms with van der Waals surface area (Å²) in [5.41, 5.74) is 13.6. The van der Waals surface area contributed by atoms with Gasteiger partial charge in [0.1, 0.15) is 0 Å². The van der Waals surface area contributed by atoms with E-state index in [4.69, 9.17) is 0 Å². The van der Waals surface area contributed by atoms with Crippen LogP contribution in [0.4, 0.5) is 0 Å². The van der Waals surface area contributed by atoms with Crippen LogP contribution in [0.3, 0.4) is 0 Å². The highest BCUT2D eigenvalue weighted by Gasteiger charge is 2.25. The molecule has 12 nitrogen and oxygen atoms in total. The number of benzene rings is 10. The molecule has 0 spiro atoms. The maximum absolute atomic E-state index is 11.2. The van der Waals surface area contributed by atoms with E-state index < -0.39 is 0 Å². The minimum atomic E-state index is 0.296. The summed E-state index contributed by atoms with van der Waals surface area (Å²) in [6.07, 6.45) is 0. The molecule has 2 aromatic heterocycles. The summed E-state index contributed by atoms with van der Waals surface area (Å²) in [7, 11) is 0. The van der Waals surface area contributed by atoms with E-state index in [1.165, 1.54) is 0 Å². The lowest BCUT2D eigenvalue weighted by Gasteiger charge is -2.20. The lowest BCUT2D eigenvalue weighted by molar-refractivity contribution is 1.09. The molecule has 0 aliphatic rings. The number of rotatable bonds is 7. The Kier molecular flexibility index (Phi) is 12.1. The first-order valence-corrected chi connectivity index (χ1v) is 25.2. The quantitative estimate of drug-likeness (QED) is 0.146. The van der Waals surface area contributed by atoms with E-state index >= 15 is 0 Å². The van der Waals surface area contributed by atoms with Crippen molar-refractivity contribution in [2.45, 2.75) is 0 Å². The van der Waals surface area contributed by atoms with Gasteiger partial charge in [-0.3, -0.25) is 0 Å². The van der Waals surface area contributed by atoms with Crippen LogP contribution in [-0.4, -0.2) is 9.13 Å². The van der Waals surface area contributed by atoms with Crippen molar-refractivity contribution in [1.82, 2.24) is 9.13 Å². The van der Waals surface area contributed by atoms with E-state index in [0.29, 0.717) is 145 Å². The lowest BCUT2D eigenvalue weighted by Crippen LogP contribution is -2.05. The normalized spacial score (nSPS) is 10.6. The highest BCUT2D eigenvalue weighted by molar-refractivity contribution is 6.14. The molecule has 0 unspecified atom stereocenters. The third kappa shape index (κ3) is 8.09. The standard InChI is InChI=1S/C70H30N12/c71-31-41-2-1-3-46(20-41)60-30-70(82-67-18-10-49(58-14-6-44(34-74)23-53(58)38-78)27-63(67)64-28-50(11-19-68(64)82)59-15-7-45(35-75)24-54(59)39-79)69(29-55(60)40-80)81-65-16-8-47(56-12-4-42(32-72)21-51(56)36-76)25-61(65)62-26-48(9-17-66(62)81)57-13-5-43(33-73)22-52(57)37-77/h1-30H. The molecule has 0 bridgehead atoms. The van der Waals surface area contributed by atoms with Gasteiger partial charge in [0, 0.05) is 27.1 Å². The summed E-state index contributed by atoms with van der Waals surface area (Å²) in [6, 6.07) is 76.4. The third-order valence-corrected chi connectivity index (χ3v) is 14.9. The molecule has 12 heteroatoms. The molecule has 0 radical (unpaired) electrons. The first kappa shape index (κ1) is 49.6. The second-order valence-corrected chi connectivity index (χ2v) is 19.2. The Bertz CT molecular complexity index is 5040. The minimum absolute atomic E-state index is 0.296. The van der Waals surface area contributed by atoms with Gasteiger partial charge in [0.25, 0.3) is 0 Å². The average molecular weight is 1040 g/mol. The zero-order valence-corrected chi connectivity index (χ0v) is 42.7. The smallest absolute Gasteiger partial charge is 0.0998 e. The Balaban J connectivity index is 1.22. The van der Waals surface area contributed by atoms with Crippen LogP contribution in [0.25, 0.3) is 111 Å². The minimum Gasteiger partial charge on any atom is -0.307 e. The fourth-order valence-electron chi connectivity index (χ4n) is 11.1. The lowest BCUT2D eigenvalue weighted by atomic mass is 9.95. The zero-order chi connectivity index (χ0) is 56.8. The molecule has 2 heterocycles. The van der Waals surface area contributed by atoms with Crippen LogP contribution in [0.2, 0.25) is 0 Å². The number of fused-ring (bicyclic) bond motifs is 6. The molecule has 12 rings (SSSR count). The summed E-state index contributed by atoms with van der Waals surface area (Å²) < 4.78 is 4.18. The van der Waals surface area contributed by atoms with Crippen molar-refractivity contribution in [3.05, 3.63) is 238 Å². The first-order valence-electron chi connectivity index (χ1n) is 25.2. The van der Waals surface area contributed by atoms with Gasteiger partial charge in [-0.2, -0.15) is 52.6 Å². The van der Waals surface area contributed by atoms with Crippen LogP contribution in [0.1, 0.15) is 55.6 Å². The van der Waals surface area contributed by atoms with Crippen LogP contribution < -0.4 is 0 Å². The van der Waals surface area contributed by atoms with Gasteiger partial charge in [0.05, 0.1) is 150 Å². The summed E-state index contributed by atoms with van der Waals surface area (Å²) in [4.78, 5) is 0. The highest BCUT2D eigenvalue weighted by Crippen LogP contribution is 2.45. The van der Waals surface area contributed by atoms with Crippen molar-refractivity contribution in [1.29, 1.82) is 52.6 Å². The van der Waals surface area contributed by atoms with E-state index in [-0.39, 0.29) is 0 Å². The predicted octanol–water partition coefficient (Wildman–Crippen LogP) is 14.9. The monoisotopic (exact) mass is 1040 g/mol. The van der Waals surface area contributed by atoms with Crippen molar-refractivity contribution in [3.8, 4) is 128 Å². The summed E-state index contributed by atoms with van der Waals surface area (Å²) >= 11 is 0. The van der Waals surface area contributed by atoms with Gasteiger partial charge in [-0.05, 0) is 171 Å². The first-order chi connectivity index (χ1) is 40.2. The second-order valence-electron chi connectivity index (χ2n) is 19.2. The Hall–Kier alpha value is -13.3. The van der Waals surface area contributed by atoms with Gasteiger partial charge in [-0.15, -0.1) is 0 Å². The zero-order valence-electron chi connectivity index (χ0n) is 42.7. The van der Waals surface area contributed by atoms with E-state index in [2.05, 4.69) is 69.8 Å². The van der Waals surface area contributed by atoms with Crippen molar-refractivity contribution < 1.29 is 0 Å². The molecule has 0 aliphatic carbocycles. The Labute approximate surface area is 468 Å². The van der Waals surface area contributed by atoms with E-state index in [1.807, 2.05) is 91.0 Å². The number of aromatic nitrogens is 2. The molecule has 12 aromatic rings. The van der Waals surface area contributed by atoms with E-state index in [1.54, 1.807) is 91.0 Å². The third-order valence-electron chi connectivity index (χ3n) is 14.9. The van der Waals surface area contributed by atoms with Gasteiger partial charge in [-0.1, -0.05) is 60.7 Å². The van der Waals surface area contributed by atoms with E-state index in [9.17, 15) is 52.6 Å². The molecule has 0 saturated carbocycles. The molecule has 0 amide bonds. The van der Waals surface area contributed by atoms with Gasteiger partial charge < -0.3 is 9.13 Å². The van der Waals surface area contributed by atoms with Crippen LogP contribution in [-0.2, 0) is 0 Å². The summed E-state index contributed by atoms with van der Waals surface area (Å²) in [5, 5.41) is 105. The number of nitriles is 10. The molecule has 0 saturated heterocycles. The Morgan fingerprint density at radius 2 is 0.500 bits per heavy atom. The van der Waals surface area contributed by atoms with Crippen molar-refractivity contribution in [3.63, 3.8) is 0 Å². The van der Waals surface area contributed by atoms with Crippen LogP contribution >= 0.6 is 0 Å². The Morgan fingerprint density at radius 1 is 0.220 bits per heavy atom. The van der Waals surface area contributed by atoms with E-state index in [0.717, 1.165) is 21.5 Å². The van der Waals surface area contributed by atoms with Crippen LogP contribution in [0, 0.1) is 113 Å². The predicted molar refractivity (Wildman–Crippen MR) is 309 cm³/mol. The molecule has 82 heavy (non-hydrogen) atoms. The molecule has 0 aliphatic heterocycles. The van der Waals surface area contributed by atoms with Crippen LogP contribution in [0.5, 0.6) is 0 Å². The van der Waals surface area contributed by atoms with Gasteiger partial charge in [-0.25, -0.2) is 0 Å². The van der Waals surface area contributed by atoms with Gasteiger partial charge in [0.15, 0.2) is 0 Å². The molecule has 370 valence electrons. The summed E-state index contributed by atoms with van der Waals surface area (Å²) in [5.74, 6) is 0. The SMILES string of the molecule is N#Cc1cccc(-c2cc(-n3c4ccc(-c5ccc(C#N)cc5C#N)cc4c4cc(-c5ccc(C#N)cc5C#N)ccc43)c(-n3c4ccc(-c5ccc(C#N)cc5C#N)cc4c4cc(-c5ccc(C#N)cc5C#N)ccc43)cc2C#N)c1. The van der Waals surface area contributed by atoms with Gasteiger partial charge in [0.2, 0.25) is 0 Å².